The molecule has 2 heterocycles. The molecule has 0 radical (unpaired) electrons. The quantitative estimate of drug-likeness (QED) is 0.615. The number of para-hydroxylation sites is 1. The highest BCUT2D eigenvalue weighted by Gasteiger charge is 2.34. The second-order valence-electron chi connectivity index (χ2n) is 7.88. The predicted molar refractivity (Wildman–Crippen MR) is 116 cm³/mol. The Morgan fingerprint density at radius 2 is 1.79 bits per heavy atom. The highest BCUT2D eigenvalue weighted by atomic mass is 32.1. The number of carbonyl (C=O) groups excluding carboxylic acids is 1. The van der Waals surface area contributed by atoms with Crippen LogP contribution in [0.25, 0.3) is 10.2 Å². The molecule has 1 aromatic heterocycles. The third kappa shape index (κ3) is 4.43. The minimum absolute atomic E-state index is 0.338. The number of nitrogens with zero attached hydrogens (tertiary/aromatic N) is 3. The normalized spacial score (nSPS) is 17.6. The van der Waals surface area contributed by atoms with Gasteiger partial charge in [0.1, 0.15) is 5.75 Å². The minimum atomic E-state index is 0.338. The Bertz CT molecular complexity index is 956. The molecule has 2 aromatic carbocycles. The van der Waals surface area contributed by atoms with Gasteiger partial charge < -0.3 is 9.64 Å². The number of aromatic nitrogens is 1. The number of amides is 1. The van der Waals surface area contributed by atoms with Crippen LogP contribution in [0.2, 0.25) is 0 Å². The van der Waals surface area contributed by atoms with Crippen LogP contribution in [0.4, 0.5) is 0 Å². The topological polar surface area (TPSA) is 45.7 Å². The highest BCUT2D eigenvalue weighted by Crippen LogP contribution is 2.32. The second kappa shape index (κ2) is 8.13. The van der Waals surface area contributed by atoms with Gasteiger partial charge in [0.25, 0.3) is 5.19 Å². The lowest BCUT2D eigenvalue weighted by atomic mass is 10.1. The van der Waals surface area contributed by atoms with E-state index in [2.05, 4.69) is 33.0 Å². The van der Waals surface area contributed by atoms with Crippen LogP contribution in [0.15, 0.2) is 48.5 Å². The molecule has 0 N–H and O–H groups in total. The molecule has 2 aliphatic rings. The number of thiazole rings is 1. The Kier molecular flexibility index (Phi) is 5.21. The van der Waals surface area contributed by atoms with Crippen LogP contribution in [0.3, 0.4) is 0 Å². The molecule has 2 fully saturated rings. The lowest BCUT2D eigenvalue weighted by molar-refractivity contribution is -0.134. The molecule has 150 valence electrons. The van der Waals surface area contributed by atoms with E-state index in [4.69, 9.17) is 4.74 Å². The van der Waals surface area contributed by atoms with Gasteiger partial charge in [-0.2, -0.15) is 0 Å². The van der Waals surface area contributed by atoms with Gasteiger partial charge in [0.05, 0.1) is 10.2 Å². The van der Waals surface area contributed by atoms with Crippen molar-refractivity contribution in [3.63, 3.8) is 0 Å². The van der Waals surface area contributed by atoms with Crippen LogP contribution in [0.1, 0.15) is 18.4 Å². The number of ether oxygens (including phenoxy) is 1. The van der Waals surface area contributed by atoms with Gasteiger partial charge in [-0.25, -0.2) is 4.98 Å². The zero-order valence-electron chi connectivity index (χ0n) is 16.4. The van der Waals surface area contributed by atoms with Gasteiger partial charge in [-0.3, -0.25) is 9.69 Å². The number of fused-ring (bicyclic) bond motifs is 1. The Morgan fingerprint density at radius 3 is 2.52 bits per heavy atom. The maximum absolute atomic E-state index is 12.2. The maximum atomic E-state index is 12.2. The molecule has 6 heteroatoms. The van der Waals surface area contributed by atoms with Gasteiger partial charge in [0, 0.05) is 38.6 Å². The van der Waals surface area contributed by atoms with Gasteiger partial charge in [0.15, 0.2) is 0 Å². The summed E-state index contributed by atoms with van der Waals surface area (Å²) in [6, 6.07) is 16.4. The third-order valence-corrected chi connectivity index (χ3v) is 6.64. The first-order chi connectivity index (χ1) is 14.2. The summed E-state index contributed by atoms with van der Waals surface area (Å²) in [5.74, 6) is 1.54. The predicted octanol–water partition coefficient (Wildman–Crippen LogP) is 4.19. The molecule has 0 bridgehead atoms. The van der Waals surface area contributed by atoms with Crippen molar-refractivity contribution < 1.29 is 9.53 Å². The molecule has 3 aromatic rings. The Hall–Kier alpha value is -2.44. The van der Waals surface area contributed by atoms with Crippen LogP contribution in [0, 0.1) is 5.92 Å². The van der Waals surface area contributed by atoms with Crippen LogP contribution in [0.5, 0.6) is 10.9 Å². The lowest BCUT2D eigenvalue weighted by Gasteiger charge is -2.34. The summed E-state index contributed by atoms with van der Waals surface area (Å²) in [5, 5.41) is 0.678. The van der Waals surface area contributed by atoms with Gasteiger partial charge >= 0.3 is 0 Å². The number of benzene rings is 2. The second-order valence-corrected chi connectivity index (χ2v) is 8.88. The SMILES string of the molecule is O=C(C1CC1)N1CCN(CCc2ccc(Oc3nc4ccccc4s3)cc2)CC1. The minimum Gasteiger partial charge on any atom is -0.431 e. The summed E-state index contributed by atoms with van der Waals surface area (Å²) in [4.78, 5) is 21.2. The molecule has 0 spiro atoms. The average Bonchev–Trinajstić information content (AvgIpc) is 3.53. The van der Waals surface area contributed by atoms with Crippen molar-refractivity contribution >= 4 is 27.5 Å². The van der Waals surface area contributed by atoms with Gasteiger partial charge in [-0.05, 0) is 49.1 Å². The van der Waals surface area contributed by atoms with E-state index in [0.717, 1.165) is 68.0 Å². The van der Waals surface area contributed by atoms with E-state index in [0.29, 0.717) is 17.0 Å². The smallest absolute Gasteiger partial charge is 0.279 e. The monoisotopic (exact) mass is 407 g/mol. The van der Waals surface area contributed by atoms with Gasteiger partial charge in [0.2, 0.25) is 5.91 Å². The zero-order chi connectivity index (χ0) is 19.6. The van der Waals surface area contributed by atoms with Crippen molar-refractivity contribution in [2.75, 3.05) is 32.7 Å². The van der Waals surface area contributed by atoms with E-state index in [1.807, 2.05) is 30.3 Å². The first kappa shape index (κ1) is 18.6. The fraction of sp³-hybridized carbons (Fsp3) is 0.391. The zero-order valence-corrected chi connectivity index (χ0v) is 17.2. The van der Waals surface area contributed by atoms with Crippen molar-refractivity contribution in [3.8, 4) is 10.9 Å². The van der Waals surface area contributed by atoms with Crippen molar-refractivity contribution in [1.29, 1.82) is 0 Å². The Morgan fingerprint density at radius 1 is 1.03 bits per heavy atom. The molecule has 1 amide bonds. The van der Waals surface area contributed by atoms with Crippen LogP contribution < -0.4 is 4.74 Å². The molecule has 5 nitrogen and oxygen atoms in total. The van der Waals surface area contributed by atoms with Crippen molar-refractivity contribution in [2.24, 2.45) is 5.92 Å². The number of piperazine rings is 1. The van der Waals surface area contributed by atoms with Crippen LogP contribution >= 0.6 is 11.3 Å². The largest absolute Gasteiger partial charge is 0.431 e. The van der Waals surface area contributed by atoms with E-state index in [9.17, 15) is 4.79 Å². The lowest BCUT2D eigenvalue weighted by Crippen LogP contribution is -2.49. The molecule has 29 heavy (non-hydrogen) atoms. The highest BCUT2D eigenvalue weighted by molar-refractivity contribution is 7.20. The summed E-state index contributed by atoms with van der Waals surface area (Å²) in [6.45, 7) is 4.76. The average molecular weight is 408 g/mol. The van der Waals surface area contributed by atoms with Crippen molar-refractivity contribution in [2.45, 2.75) is 19.3 Å². The molecule has 1 saturated heterocycles. The van der Waals surface area contributed by atoms with E-state index >= 15 is 0 Å². The molecule has 1 aliphatic carbocycles. The molecule has 1 saturated carbocycles. The van der Waals surface area contributed by atoms with Crippen molar-refractivity contribution in [1.82, 2.24) is 14.8 Å². The molecule has 1 aliphatic heterocycles. The van der Waals surface area contributed by atoms with E-state index in [1.54, 1.807) is 11.3 Å². The summed E-state index contributed by atoms with van der Waals surface area (Å²) in [7, 11) is 0. The summed E-state index contributed by atoms with van der Waals surface area (Å²) >= 11 is 1.57. The standard InChI is InChI=1S/C23H25N3O2S/c27-22(18-7-8-18)26-15-13-25(14-16-26)12-11-17-5-9-19(10-6-17)28-23-24-20-3-1-2-4-21(20)29-23/h1-6,9-10,18H,7-8,11-16H2. The third-order valence-electron chi connectivity index (χ3n) is 5.73. The number of hydrogen-bond acceptors (Lipinski definition) is 5. The molecular formula is C23H25N3O2S. The molecule has 0 unspecified atom stereocenters. The molecule has 0 atom stereocenters. The fourth-order valence-electron chi connectivity index (χ4n) is 3.79. The van der Waals surface area contributed by atoms with E-state index in [1.165, 1.54) is 5.56 Å². The molecular weight excluding hydrogens is 382 g/mol. The summed E-state index contributed by atoms with van der Waals surface area (Å²) < 4.78 is 7.07. The van der Waals surface area contributed by atoms with E-state index < -0.39 is 0 Å². The number of rotatable bonds is 6. The molecule has 5 rings (SSSR count). The van der Waals surface area contributed by atoms with Crippen LogP contribution in [-0.2, 0) is 11.2 Å². The van der Waals surface area contributed by atoms with Crippen LogP contribution in [-0.4, -0.2) is 53.4 Å². The van der Waals surface area contributed by atoms with Gasteiger partial charge in [-0.1, -0.05) is 35.6 Å². The number of hydrogen-bond donors (Lipinski definition) is 0. The van der Waals surface area contributed by atoms with E-state index in [-0.39, 0.29) is 0 Å². The number of carbonyl (C=O) groups is 1. The van der Waals surface area contributed by atoms with Gasteiger partial charge in [-0.15, -0.1) is 0 Å². The summed E-state index contributed by atoms with van der Waals surface area (Å²) in [5.41, 5.74) is 2.28. The Balaban J connectivity index is 1.11. The first-order valence-electron chi connectivity index (χ1n) is 10.4. The maximum Gasteiger partial charge on any atom is 0.279 e. The Labute approximate surface area is 174 Å². The fourth-order valence-corrected chi connectivity index (χ4v) is 4.62. The summed E-state index contributed by atoms with van der Waals surface area (Å²) in [6.07, 6.45) is 3.20. The van der Waals surface area contributed by atoms with Crippen molar-refractivity contribution in [3.05, 3.63) is 54.1 Å². The first-order valence-corrected chi connectivity index (χ1v) is 11.2.